The molecule has 0 amide bonds. The molecule has 3 saturated heterocycles. The molecule has 232 valence electrons. The highest BCUT2D eigenvalue weighted by molar-refractivity contribution is 5.92. The number of piperazine rings is 1. The lowest BCUT2D eigenvalue weighted by atomic mass is 10.0. The summed E-state index contributed by atoms with van der Waals surface area (Å²) in [4.78, 5) is 35.1. The normalized spacial score (nSPS) is 20.1. The molecule has 3 fully saturated rings. The van der Waals surface area contributed by atoms with Crippen LogP contribution in [0.5, 0.6) is 5.75 Å². The Balaban J connectivity index is 1.22. The first-order valence-electron chi connectivity index (χ1n) is 15.6. The second-order valence-electron chi connectivity index (χ2n) is 11.8. The number of nitrogens with zero attached hydrogens (tertiary/aromatic N) is 6. The lowest BCUT2D eigenvalue weighted by Gasteiger charge is -2.43. The molecule has 2 aromatic carbocycles. The van der Waals surface area contributed by atoms with E-state index >= 15 is 0 Å². The van der Waals surface area contributed by atoms with Gasteiger partial charge in [-0.1, -0.05) is 36.9 Å². The van der Waals surface area contributed by atoms with Crippen molar-refractivity contribution >= 4 is 28.8 Å². The van der Waals surface area contributed by atoms with Crippen LogP contribution in [0.3, 0.4) is 0 Å². The Morgan fingerprint density at radius 2 is 1.82 bits per heavy atom. The van der Waals surface area contributed by atoms with E-state index in [9.17, 15) is 4.79 Å². The fourth-order valence-corrected chi connectivity index (χ4v) is 6.61. The third kappa shape index (κ3) is 6.72. The smallest absolute Gasteiger partial charge is 0.159 e. The van der Waals surface area contributed by atoms with E-state index in [0.717, 1.165) is 62.6 Å². The largest absolute Gasteiger partial charge is 0.494 e. The monoisotopic (exact) mass is 597 g/mol. The van der Waals surface area contributed by atoms with Crippen LogP contribution >= 0.6 is 0 Å². The van der Waals surface area contributed by atoms with E-state index in [1.54, 1.807) is 7.11 Å². The van der Waals surface area contributed by atoms with Gasteiger partial charge in [0.2, 0.25) is 0 Å². The first-order valence-corrected chi connectivity index (χ1v) is 15.6. The highest BCUT2D eigenvalue weighted by atomic mass is 16.7. The number of likely N-dealkylation sites (tertiary alicyclic amines) is 1. The van der Waals surface area contributed by atoms with E-state index < -0.39 is 0 Å². The molecule has 1 aromatic heterocycles. The average molecular weight is 598 g/mol. The molecule has 3 aromatic rings. The minimum absolute atomic E-state index is 0.0187. The molecule has 0 spiro atoms. The summed E-state index contributed by atoms with van der Waals surface area (Å²) in [6.07, 6.45) is 6.53. The summed E-state index contributed by atoms with van der Waals surface area (Å²) in [5, 5.41) is 5.29. The van der Waals surface area contributed by atoms with Gasteiger partial charge in [-0.3, -0.25) is 14.5 Å². The Bertz CT molecular complexity index is 1440. The molecule has 3 aliphatic rings. The van der Waals surface area contributed by atoms with Crippen molar-refractivity contribution in [3.05, 3.63) is 78.6 Å². The second kappa shape index (κ2) is 13.8. The Kier molecular flexibility index (Phi) is 9.40. The van der Waals surface area contributed by atoms with E-state index in [1.165, 1.54) is 30.8 Å². The van der Waals surface area contributed by atoms with E-state index in [0.29, 0.717) is 30.0 Å². The van der Waals surface area contributed by atoms with Gasteiger partial charge in [0.15, 0.2) is 11.6 Å². The molecule has 3 aliphatic heterocycles. The quantitative estimate of drug-likeness (QED) is 0.334. The average Bonchev–Trinajstić information content (AvgIpc) is 3.56. The molecular formula is C34H43N7O3. The molecule has 4 heterocycles. The predicted octanol–water partition coefficient (Wildman–Crippen LogP) is 4.63. The minimum Gasteiger partial charge on any atom is -0.494 e. The number of rotatable bonds is 10. The van der Waals surface area contributed by atoms with Crippen molar-refractivity contribution in [3.8, 4) is 5.75 Å². The van der Waals surface area contributed by atoms with Gasteiger partial charge in [-0.05, 0) is 56.2 Å². The number of nitrogens with one attached hydrogen (secondary N) is 1. The highest BCUT2D eigenvalue weighted by Gasteiger charge is 2.30. The third-order valence-electron chi connectivity index (χ3n) is 9.08. The number of benzene rings is 2. The Morgan fingerprint density at radius 1 is 1.05 bits per heavy atom. The molecule has 10 nitrogen and oxygen atoms in total. The second-order valence-corrected chi connectivity index (χ2v) is 11.8. The number of methoxy groups -OCH3 is 1. The highest BCUT2D eigenvalue weighted by Crippen LogP contribution is 2.38. The summed E-state index contributed by atoms with van der Waals surface area (Å²) >= 11 is 0. The van der Waals surface area contributed by atoms with Gasteiger partial charge in [-0.15, -0.1) is 0 Å². The van der Waals surface area contributed by atoms with Crippen LogP contribution < -0.4 is 20.0 Å². The van der Waals surface area contributed by atoms with Crippen molar-refractivity contribution in [1.29, 1.82) is 0 Å². The Morgan fingerprint density at radius 3 is 2.55 bits per heavy atom. The molecule has 1 N–H and O–H groups in total. The molecule has 0 radical (unpaired) electrons. The van der Waals surface area contributed by atoms with E-state index in [4.69, 9.17) is 9.57 Å². The number of carbonyl (C=O) groups excluding carboxylic acids is 1. The van der Waals surface area contributed by atoms with Gasteiger partial charge < -0.3 is 19.9 Å². The zero-order chi connectivity index (χ0) is 30.5. The van der Waals surface area contributed by atoms with Crippen LogP contribution in [0, 0.1) is 0 Å². The maximum absolute atomic E-state index is 12.6. The number of ketones is 1. The van der Waals surface area contributed by atoms with Crippen molar-refractivity contribution in [2.24, 2.45) is 0 Å². The summed E-state index contributed by atoms with van der Waals surface area (Å²) in [5.41, 5.74) is 3.89. The summed E-state index contributed by atoms with van der Waals surface area (Å²) < 4.78 is 5.88. The fourth-order valence-electron chi connectivity index (χ4n) is 6.61. The van der Waals surface area contributed by atoms with E-state index in [2.05, 4.69) is 61.8 Å². The third-order valence-corrected chi connectivity index (χ3v) is 9.08. The van der Waals surface area contributed by atoms with Gasteiger partial charge in [-0.25, -0.2) is 15.0 Å². The van der Waals surface area contributed by atoms with Crippen LogP contribution in [0.25, 0.3) is 0 Å². The number of aromatic nitrogens is 2. The van der Waals surface area contributed by atoms with Crippen molar-refractivity contribution in [1.82, 2.24) is 19.8 Å². The number of ether oxygens (including phenoxy) is 1. The maximum atomic E-state index is 12.6. The number of carbonyl (C=O) groups is 1. The summed E-state index contributed by atoms with van der Waals surface area (Å²) in [6.45, 7) is 10.5. The molecule has 0 unspecified atom stereocenters. The van der Waals surface area contributed by atoms with Gasteiger partial charge in [0.05, 0.1) is 25.4 Å². The van der Waals surface area contributed by atoms with Gasteiger partial charge in [0.1, 0.15) is 17.9 Å². The first-order chi connectivity index (χ1) is 21.5. The molecular weight excluding hydrogens is 554 g/mol. The van der Waals surface area contributed by atoms with Crippen molar-refractivity contribution < 1.29 is 14.4 Å². The molecule has 1 atom stereocenters. The lowest BCUT2D eigenvalue weighted by molar-refractivity contribution is -0.114. The van der Waals surface area contributed by atoms with Crippen molar-refractivity contribution in [3.63, 3.8) is 0 Å². The van der Waals surface area contributed by atoms with Gasteiger partial charge in [0.25, 0.3) is 0 Å². The van der Waals surface area contributed by atoms with Crippen LogP contribution in [-0.4, -0.2) is 91.6 Å². The summed E-state index contributed by atoms with van der Waals surface area (Å²) in [7, 11) is 3.88. The maximum Gasteiger partial charge on any atom is 0.159 e. The molecule has 6 rings (SSSR count). The number of hydrogen-bond donors (Lipinski definition) is 1. The Hall–Kier alpha value is -3.99. The van der Waals surface area contributed by atoms with Crippen molar-refractivity contribution in [2.75, 3.05) is 75.3 Å². The molecule has 0 aliphatic carbocycles. The molecule has 0 saturated carbocycles. The number of hydroxylamine groups is 1. The number of hydrogen-bond acceptors (Lipinski definition) is 10. The lowest BCUT2D eigenvalue weighted by Crippen LogP contribution is -2.53. The minimum atomic E-state index is -0.0187. The van der Waals surface area contributed by atoms with Gasteiger partial charge >= 0.3 is 0 Å². The SMILES string of the molecule is C=CC(=O)Cc1cc(Nc2cc(N3OCC[C@@H]3c3ccccc3)ncn2)c(OC)cc1N1CCN(C2CCN(C)CC2)CC1. The van der Waals surface area contributed by atoms with Crippen LogP contribution in [0.15, 0.2) is 67.5 Å². The standard InChI is InChI=1S/C34H43N7O3/c1-4-28(42)20-26-21-29(32(43-3)22-31(26)40-17-15-39(16-18-40)27-10-13-38(2)14-11-27)37-33-23-34(36-24-35-33)41-30(12-19-44-41)25-8-6-5-7-9-25/h4-9,21-24,27,30H,1,10-20H2,2-3H3,(H,35,36,37)/t30-/m1/s1. The number of anilines is 4. The fraction of sp³-hybridized carbons (Fsp3) is 0.441. The van der Waals surface area contributed by atoms with Crippen LogP contribution in [0.1, 0.15) is 36.4 Å². The van der Waals surface area contributed by atoms with Gasteiger partial charge in [0, 0.05) is 62.9 Å². The summed E-state index contributed by atoms with van der Waals surface area (Å²) in [5.74, 6) is 1.95. The van der Waals surface area contributed by atoms with Gasteiger partial charge in [-0.2, -0.15) is 0 Å². The molecule has 10 heteroatoms. The molecule has 44 heavy (non-hydrogen) atoms. The number of allylic oxidation sites excluding steroid dienone is 1. The van der Waals surface area contributed by atoms with E-state index in [1.807, 2.05) is 35.4 Å². The molecule has 0 bridgehead atoms. The first kappa shape index (κ1) is 30.1. The van der Waals surface area contributed by atoms with Crippen molar-refractivity contribution in [2.45, 2.75) is 37.8 Å². The van der Waals surface area contributed by atoms with Crippen LogP contribution in [0.4, 0.5) is 23.0 Å². The zero-order valence-electron chi connectivity index (χ0n) is 25.8. The topological polar surface area (TPSA) is 86.3 Å². The van der Waals surface area contributed by atoms with Crippen LogP contribution in [-0.2, 0) is 16.1 Å². The predicted molar refractivity (Wildman–Crippen MR) is 174 cm³/mol. The van der Waals surface area contributed by atoms with Crippen LogP contribution in [0.2, 0.25) is 0 Å². The summed E-state index contributed by atoms with van der Waals surface area (Å²) in [6, 6.07) is 17.0. The number of piperidine rings is 1. The van der Waals surface area contributed by atoms with E-state index in [-0.39, 0.29) is 18.2 Å². The zero-order valence-corrected chi connectivity index (χ0v) is 25.8. The Labute approximate surface area is 260 Å².